The smallest absolute Gasteiger partial charge is 0.321 e. The Labute approximate surface area is 259 Å². The number of nitrogens with zero attached hydrogens (tertiary/aromatic N) is 6. The summed E-state index contributed by atoms with van der Waals surface area (Å²) in [7, 11) is 0. The minimum Gasteiger partial charge on any atom is -0.331 e. The molecule has 1 aliphatic rings. The Balaban J connectivity index is 0.00000248. The Hall–Kier alpha value is -4.66. The number of hydrogen-bond donors (Lipinski definition) is 1. The van der Waals surface area contributed by atoms with Gasteiger partial charge in [0, 0.05) is 67.1 Å². The summed E-state index contributed by atoms with van der Waals surface area (Å²) in [5.41, 5.74) is 6.58. The van der Waals surface area contributed by atoms with E-state index in [0.717, 1.165) is 46.6 Å². The lowest BCUT2D eigenvalue weighted by atomic mass is 9.75. The van der Waals surface area contributed by atoms with Gasteiger partial charge in [-0.3, -0.25) is 4.99 Å². The first kappa shape index (κ1) is 32.8. The molecule has 0 bridgehead atoms. The predicted octanol–water partition coefficient (Wildman–Crippen LogP) is 7.98. The van der Waals surface area contributed by atoms with E-state index in [1.807, 2.05) is 43.3 Å². The van der Waals surface area contributed by atoms with E-state index in [2.05, 4.69) is 54.0 Å². The van der Waals surface area contributed by atoms with E-state index in [1.54, 1.807) is 30.5 Å². The first-order valence-electron chi connectivity index (χ1n) is 14.1. The molecule has 1 aliphatic heterocycles. The molecule has 222 valence electrons. The zero-order valence-corrected chi connectivity index (χ0v) is 26.0. The Kier molecular flexibility index (Phi) is 11.9. The molecule has 1 saturated heterocycles. The molecular weight excluding hydrogens is 558 g/mol. The second kappa shape index (κ2) is 15.5. The van der Waals surface area contributed by atoms with Gasteiger partial charge in [0.25, 0.3) is 0 Å². The van der Waals surface area contributed by atoms with Crippen molar-refractivity contribution in [1.82, 2.24) is 14.5 Å². The number of amides is 2. The summed E-state index contributed by atoms with van der Waals surface area (Å²) in [6.07, 6.45) is 7.28. The minimum atomic E-state index is -0.130. The molecule has 1 atom stereocenters. The Bertz CT molecular complexity index is 1550. The molecule has 8 nitrogen and oxygen atoms in total. The highest BCUT2D eigenvalue weighted by atomic mass is 35.5. The monoisotopic (exact) mass is 595 g/mol. The highest BCUT2D eigenvalue weighted by Crippen LogP contribution is 2.43. The third-order valence-electron chi connectivity index (χ3n) is 7.65. The summed E-state index contributed by atoms with van der Waals surface area (Å²) in [6.45, 7) is 18.0. The van der Waals surface area contributed by atoms with Crippen LogP contribution in [0.3, 0.4) is 0 Å². The van der Waals surface area contributed by atoms with Crippen LogP contribution in [0.2, 0.25) is 5.02 Å². The molecule has 43 heavy (non-hydrogen) atoms. The molecule has 1 N–H and O–H groups in total. The number of aliphatic imine (C=N–C) groups is 1. The Morgan fingerprint density at radius 1 is 1.23 bits per heavy atom. The van der Waals surface area contributed by atoms with Gasteiger partial charge in [-0.2, -0.15) is 5.26 Å². The standard InChI is InChI=1S/C33H37ClN6O.CHN/c1-6-36-32(22(2)3)31(29-12-9-27(34)19-30(29)23(4)21-40-18-15-37-24(40)5)26-13-16-39(17-14-26)33(41)38-28-10-7-25(20-35)8-11-28;1-2/h6-12,15,18-19,26,31H,4,13-14,16-17,21H2,1-3,5H3,(H,38,41);1H. The first-order valence-corrected chi connectivity index (χ1v) is 14.5. The molecular formula is C34H38ClN7O. The molecule has 1 aromatic heterocycles. The van der Waals surface area contributed by atoms with Crippen LogP contribution < -0.4 is 5.32 Å². The van der Waals surface area contributed by atoms with E-state index in [-0.39, 0.29) is 17.9 Å². The van der Waals surface area contributed by atoms with Crippen LogP contribution >= 0.6 is 11.6 Å². The molecule has 2 heterocycles. The van der Waals surface area contributed by atoms with Crippen molar-refractivity contribution in [3.63, 3.8) is 0 Å². The van der Waals surface area contributed by atoms with Crippen molar-refractivity contribution in [3.05, 3.63) is 100 Å². The van der Waals surface area contributed by atoms with Crippen molar-refractivity contribution in [2.75, 3.05) is 18.4 Å². The fourth-order valence-electron chi connectivity index (χ4n) is 5.52. The lowest BCUT2D eigenvalue weighted by molar-refractivity contribution is 0.177. The first-order chi connectivity index (χ1) is 20.7. The number of nitriles is 2. The molecule has 1 fully saturated rings. The highest BCUT2D eigenvalue weighted by molar-refractivity contribution is 6.30. The number of anilines is 1. The van der Waals surface area contributed by atoms with Crippen LogP contribution in [0.1, 0.15) is 62.0 Å². The van der Waals surface area contributed by atoms with E-state index in [9.17, 15) is 4.79 Å². The lowest BCUT2D eigenvalue weighted by Gasteiger charge is -2.37. The van der Waals surface area contributed by atoms with Crippen LogP contribution in [-0.4, -0.2) is 39.8 Å². The number of urea groups is 1. The van der Waals surface area contributed by atoms with Gasteiger partial charge in [0.2, 0.25) is 0 Å². The average molecular weight is 596 g/mol. The summed E-state index contributed by atoms with van der Waals surface area (Å²) in [5.74, 6) is 1.22. The van der Waals surface area contributed by atoms with Gasteiger partial charge in [-0.25, -0.2) is 15.0 Å². The molecule has 0 saturated carbocycles. The Morgan fingerprint density at radius 2 is 1.91 bits per heavy atom. The molecule has 0 radical (unpaired) electrons. The maximum absolute atomic E-state index is 13.1. The lowest BCUT2D eigenvalue weighted by Crippen LogP contribution is -2.42. The highest BCUT2D eigenvalue weighted by Gasteiger charge is 2.34. The predicted molar refractivity (Wildman–Crippen MR) is 174 cm³/mol. The number of imidazole rings is 1. The van der Waals surface area contributed by atoms with Crippen molar-refractivity contribution in [1.29, 1.82) is 10.5 Å². The molecule has 0 spiro atoms. The molecule has 2 amide bonds. The van der Waals surface area contributed by atoms with Crippen molar-refractivity contribution in [2.45, 2.75) is 53.0 Å². The fourth-order valence-corrected chi connectivity index (χ4v) is 5.69. The fraction of sp³-hybridized carbons (Fsp3) is 0.324. The largest absolute Gasteiger partial charge is 0.331 e. The van der Waals surface area contributed by atoms with Gasteiger partial charge in [0.1, 0.15) is 5.82 Å². The van der Waals surface area contributed by atoms with Crippen LogP contribution in [0.4, 0.5) is 10.5 Å². The number of aryl methyl sites for hydroxylation is 1. The van der Waals surface area contributed by atoms with Crippen molar-refractivity contribution in [3.8, 4) is 12.6 Å². The maximum Gasteiger partial charge on any atom is 0.321 e. The van der Waals surface area contributed by atoms with Crippen LogP contribution in [0, 0.1) is 36.0 Å². The number of piperidine rings is 1. The Morgan fingerprint density at radius 3 is 2.47 bits per heavy atom. The van der Waals surface area contributed by atoms with E-state index >= 15 is 0 Å². The number of rotatable bonds is 8. The van der Waals surface area contributed by atoms with Gasteiger partial charge in [-0.15, -0.1) is 0 Å². The van der Waals surface area contributed by atoms with E-state index in [4.69, 9.17) is 27.1 Å². The SMILES string of the molecule is C#N.C=C(Cn1ccnc1C)c1cc(Cl)ccc1C(C(N=CC)=C(C)C)C1CCN(C(=O)Nc2ccc(C#N)cc2)CC1. The normalized spacial score (nSPS) is 13.9. The van der Waals surface area contributed by atoms with E-state index in [1.165, 1.54) is 0 Å². The number of likely N-dealkylation sites (tertiary alicyclic amines) is 1. The van der Waals surface area contributed by atoms with E-state index in [0.29, 0.717) is 35.9 Å². The van der Waals surface area contributed by atoms with Crippen molar-refractivity contribution >= 4 is 35.1 Å². The number of carbonyl (C=O) groups is 1. The van der Waals surface area contributed by atoms with Crippen LogP contribution in [0.15, 0.2) is 77.7 Å². The molecule has 9 heteroatoms. The second-order valence-electron chi connectivity index (χ2n) is 10.6. The topological polar surface area (TPSA) is 110 Å². The maximum atomic E-state index is 13.1. The number of carbonyl (C=O) groups excluding carboxylic acids is 1. The summed E-state index contributed by atoms with van der Waals surface area (Å²) < 4.78 is 2.08. The number of halogens is 1. The van der Waals surface area contributed by atoms with Crippen LogP contribution in [-0.2, 0) is 6.54 Å². The van der Waals surface area contributed by atoms with Crippen LogP contribution in [0.5, 0.6) is 0 Å². The zero-order chi connectivity index (χ0) is 31.5. The van der Waals surface area contributed by atoms with E-state index < -0.39 is 0 Å². The molecule has 0 aliphatic carbocycles. The molecule has 3 aromatic rings. The van der Waals surface area contributed by atoms with Gasteiger partial charge in [0.05, 0.1) is 11.6 Å². The van der Waals surface area contributed by atoms with Gasteiger partial charge < -0.3 is 14.8 Å². The average Bonchev–Trinajstić information content (AvgIpc) is 3.42. The van der Waals surface area contributed by atoms with Crippen molar-refractivity contribution in [2.24, 2.45) is 10.9 Å². The van der Waals surface area contributed by atoms with Crippen LogP contribution in [0.25, 0.3) is 5.57 Å². The molecule has 2 aromatic carbocycles. The molecule has 4 rings (SSSR count). The summed E-state index contributed by atoms with van der Waals surface area (Å²) in [6, 6.07) is 15.0. The second-order valence-corrected chi connectivity index (χ2v) is 11.1. The number of nitrogens with one attached hydrogen (secondary N) is 1. The number of benzene rings is 2. The van der Waals surface area contributed by atoms with Gasteiger partial charge in [-0.1, -0.05) is 29.8 Å². The summed E-state index contributed by atoms with van der Waals surface area (Å²) in [4.78, 5) is 24.2. The third-order valence-corrected chi connectivity index (χ3v) is 7.89. The van der Waals surface area contributed by atoms with Gasteiger partial charge in [-0.05, 0) is 99.6 Å². The summed E-state index contributed by atoms with van der Waals surface area (Å²) in [5, 5.41) is 19.2. The molecule has 1 unspecified atom stereocenters. The third kappa shape index (κ3) is 8.22. The number of allylic oxidation sites excluding steroid dienone is 3. The van der Waals surface area contributed by atoms with Gasteiger partial charge >= 0.3 is 6.03 Å². The zero-order valence-electron chi connectivity index (χ0n) is 25.2. The summed E-state index contributed by atoms with van der Waals surface area (Å²) >= 11 is 6.54. The number of hydrogen-bond acceptors (Lipinski definition) is 5. The minimum absolute atomic E-state index is 0.0211. The quantitative estimate of drug-likeness (QED) is 0.266. The van der Waals surface area contributed by atoms with Gasteiger partial charge in [0.15, 0.2) is 0 Å². The number of aromatic nitrogens is 2. The van der Waals surface area contributed by atoms with Crippen molar-refractivity contribution < 1.29 is 4.79 Å².